The van der Waals surface area contributed by atoms with Gasteiger partial charge in [-0.2, -0.15) is 0 Å². The topological polar surface area (TPSA) is 101 Å². The summed E-state index contributed by atoms with van der Waals surface area (Å²) in [7, 11) is 0. The zero-order valence-electron chi connectivity index (χ0n) is 16.9. The van der Waals surface area contributed by atoms with Gasteiger partial charge < -0.3 is 15.2 Å². The molecule has 0 spiro atoms. The normalized spacial score (nSPS) is 15.4. The molecule has 1 unspecified atom stereocenters. The molecular weight excluding hydrogens is 370 g/mol. The van der Waals surface area contributed by atoms with Gasteiger partial charge in [-0.3, -0.25) is 14.6 Å². The predicted octanol–water partition coefficient (Wildman–Crippen LogP) is 3.99. The van der Waals surface area contributed by atoms with Crippen molar-refractivity contribution in [2.24, 2.45) is 5.92 Å². The fraction of sp³-hybridized carbons (Fsp3) is 0.455. The van der Waals surface area contributed by atoms with Gasteiger partial charge in [-0.1, -0.05) is 30.5 Å². The molecule has 154 valence electrons. The number of aromatic nitrogens is 2. The fourth-order valence-electron chi connectivity index (χ4n) is 3.47. The van der Waals surface area contributed by atoms with E-state index >= 15 is 0 Å². The van der Waals surface area contributed by atoms with Crippen LogP contribution in [0.1, 0.15) is 50.3 Å². The number of hydrogen-bond acceptors (Lipinski definition) is 6. The Balaban J connectivity index is 1.95. The number of aliphatic carboxylic acids is 1. The highest BCUT2D eigenvalue weighted by atomic mass is 16.5. The molecule has 29 heavy (non-hydrogen) atoms. The van der Waals surface area contributed by atoms with Crippen LogP contribution in [0.3, 0.4) is 0 Å². The maximum atomic E-state index is 13.0. The number of hydrogen-bond donors (Lipinski definition) is 2. The maximum absolute atomic E-state index is 13.0. The first-order valence-corrected chi connectivity index (χ1v) is 9.98. The molecule has 3 rings (SSSR count). The van der Waals surface area contributed by atoms with Crippen LogP contribution >= 0.6 is 0 Å². The first kappa shape index (κ1) is 20.8. The number of carboxylic acid groups (broad SMARTS) is 1. The van der Waals surface area contributed by atoms with Crippen LogP contribution in [0.4, 0.5) is 11.5 Å². The number of rotatable bonds is 10. The summed E-state index contributed by atoms with van der Waals surface area (Å²) in [6.45, 7) is 3.99. The predicted molar refractivity (Wildman–Crippen MR) is 109 cm³/mol. The third kappa shape index (κ3) is 5.31. The fourth-order valence-corrected chi connectivity index (χ4v) is 3.47. The highest BCUT2D eigenvalue weighted by molar-refractivity contribution is 5.83. The molecule has 0 amide bonds. The standard InChI is InChI=1S/C22H27N3O4/c1-3-29-21(28)22(11-10-20(26)27,12-16-6-7-16)18-13-23-14-19(25-18)24-17-8-4-15(2)5-9-17/h4-5,8-9,13-14,16H,3,6-7,10-12H2,1-2H3,(H,24,25)(H,26,27). The summed E-state index contributed by atoms with van der Waals surface area (Å²) in [5, 5.41) is 12.5. The van der Waals surface area contributed by atoms with E-state index in [1.54, 1.807) is 19.3 Å². The van der Waals surface area contributed by atoms with Crippen LogP contribution in [0.15, 0.2) is 36.7 Å². The Kier molecular flexibility index (Phi) is 6.46. The summed E-state index contributed by atoms with van der Waals surface area (Å²) >= 11 is 0. The molecule has 1 aliphatic carbocycles. The second-order valence-corrected chi connectivity index (χ2v) is 7.62. The monoisotopic (exact) mass is 397 g/mol. The van der Waals surface area contributed by atoms with E-state index in [1.165, 1.54) is 0 Å². The Labute approximate surface area is 170 Å². The van der Waals surface area contributed by atoms with Crippen LogP contribution in [0, 0.1) is 12.8 Å². The molecule has 2 N–H and O–H groups in total. The molecule has 0 bridgehead atoms. The molecular formula is C22H27N3O4. The molecule has 0 radical (unpaired) electrons. The van der Waals surface area contributed by atoms with Crippen LogP contribution in [0.25, 0.3) is 0 Å². The summed E-state index contributed by atoms with van der Waals surface area (Å²) < 4.78 is 5.37. The highest BCUT2D eigenvalue weighted by Gasteiger charge is 2.47. The van der Waals surface area contributed by atoms with Crippen LogP contribution < -0.4 is 5.32 Å². The molecule has 7 nitrogen and oxygen atoms in total. The zero-order valence-corrected chi connectivity index (χ0v) is 16.9. The average molecular weight is 397 g/mol. The van der Waals surface area contributed by atoms with E-state index in [0.29, 0.717) is 23.9 Å². The molecule has 1 atom stereocenters. The van der Waals surface area contributed by atoms with Crippen molar-refractivity contribution >= 4 is 23.4 Å². The quantitative estimate of drug-likeness (QED) is 0.584. The summed E-state index contributed by atoms with van der Waals surface area (Å²) in [4.78, 5) is 33.3. The van der Waals surface area contributed by atoms with E-state index in [9.17, 15) is 14.7 Å². The third-order valence-electron chi connectivity index (χ3n) is 5.21. The van der Waals surface area contributed by atoms with Crippen molar-refractivity contribution in [3.8, 4) is 0 Å². The average Bonchev–Trinajstić information content (AvgIpc) is 3.51. The van der Waals surface area contributed by atoms with E-state index in [2.05, 4.69) is 15.3 Å². The molecule has 1 aromatic heterocycles. The number of benzene rings is 1. The largest absolute Gasteiger partial charge is 0.481 e. The van der Waals surface area contributed by atoms with Crippen molar-refractivity contribution in [3.05, 3.63) is 47.9 Å². The van der Waals surface area contributed by atoms with Gasteiger partial charge in [-0.15, -0.1) is 0 Å². The number of nitrogens with one attached hydrogen (secondary N) is 1. The van der Waals surface area contributed by atoms with Gasteiger partial charge in [0.1, 0.15) is 11.2 Å². The SMILES string of the molecule is CCOC(=O)C(CCC(=O)O)(CC1CC1)c1cncc(Nc2ccc(C)cc2)n1. The second kappa shape index (κ2) is 9.03. The molecule has 1 aromatic carbocycles. The zero-order chi connectivity index (χ0) is 20.9. The Bertz CT molecular complexity index is 865. The Hall–Kier alpha value is -2.96. The van der Waals surface area contributed by atoms with Crippen LogP contribution in [0.5, 0.6) is 0 Å². The number of ether oxygens (including phenoxy) is 1. The summed E-state index contributed by atoms with van der Waals surface area (Å²) in [6.07, 6.45) is 5.74. The highest BCUT2D eigenvalue weighted by Crippen LogP contribution is 2.45. The Morgan fingerprint density at radius 2 is 1.97 bits per heavy atom. The Morgan fingerprint density at radius 3 is 2.59 bits per heavy atom. The minimum absolute atomic E-state index is 0.136. The van der Waals surface area contributed by atoms with Gasteiger partial charge in [0, 0.05) is 18.3 Å². The molecule has 1 heterocycles. The summed E-state index contributed by atoms with van der Waals surface area (Å²) in [5.41, 5.74) is 1.36. The molecule has 1 aliphatic rings. The summed E-state index contributed by atoms with van der Waals surface area (Å²) in [5.74, 6) is -0.485. The first-order valence-electron chi connectivity index (χ1n) is 9.98. The molecule has 7 heteroatoms. The summed E-state index contributed by atoms with van der Waals surface area (Å²) in [6, 6.07) is 7.86. The van der Waals surface area contributed by atoms with Gasteiger partial charge in [0.25, 0.3) is 0 Å². The van der Waals surface area contributed by atoms with Gasteiger partial charge in [0.15, 0.2) is 0 Å². The van der Waals surface area contributed by atoms with E-state index in [4.69, 9.17) is 4.74 Å². The van der Waals surface area contributed by atoms with Crippen molar-refractivity contribution < 1.29 is 19.4 Å². The second-order valence-electron chi connectivity index (χ2n) is 7.62. The third-order valence-corrected chi connectivity index (χ3v) is 5.21. The van der Waals surface area contributed by atoms with Crippen molar-refractivity contribution in [2.45, 2.75) is 51.4 Å². The molecule has 1 fully saturated rings. The number of carboxylic acids is 1. The van der Waals surface area contributed by atoms with Gasteiger partial charge in [0.2, 0.25) is 0 Å². The first-order chi connectivity index (χ1) is 13.9. The van der Waals surface area contributed by atoms with E-state index in [-0.39, 0.29) is 19.4 Å². The number of aryl methyl sites for hydroxylation is 1. The van der Waals surface area contributed by atoms with Crippen LogP contribution in [-0.2, 0) is 19.7 Å². The van der Waals surface area contributed by atoms with Crippen molar-refractivity contribution in [3.63, 3.8) is 0 Å². The smallest absolute Gasteiger partial charge is 0.318 e. The van der Waals surface area contributed by atoms with Gasteiger partial charge in [-0.05, 0) is 44.7 Å². The van der Waals surface area contributed by atoms with E-state index in [1.807, 2.05) is 31.2 Å². The number of esters is 1. The van der Waals surface area contributed by atoms with E-state index in [0.717, 1.165) is 24.1 Å². The van der Waals surface area contributed by atoms with Gasteiger partial charge >= 0.3 is 11.9 Å². The molecule has 1 saturated carbocycles. The lowest BCUT2D eigenvalue weighted by Gasteiger charge is -2.30. The number of carbonyl (C=O) groups excluding carboxylic acids is 1. The lowest BCUT2D eigenvalue weighted by molar-refractivity contribution is -0.152. The number of nitrogens with zero attached hydrogens (tertiary/aromatic N) is 2. The van der Waals surface area contributed by atoms with Crippen molar-refractivity contribution in [1.82, 2.24) is 9.97 Å². The minimum Gasteiger partial charge on any atom is -0.481 e. The lowest BCUT2D eigenvalue weighted by Crippen LogP contribution is -2.40. The van der Waals surface area contributed by atoms with Gasteiger partial charge in [-0.25, -0.2) is 4.98 Å². The van der Waals surface area contributed by atoms with Gasteiger partial charge in [0.05, 0.1) is 18.5 Å². The lowest BCUT2D eigenvalue weighted by atomic mass is 9.75. The van der Waals surface area contributed by atoms with Crippen molar-refractivity contribution in [2.75, 3.05) is 11.9 Å². The Morgan fingerprint density at radius 1 is 1.24 bits per heavy atom. The number of anilines is 2. The number of carbonyl (C=O) groups is 2. The van der Waals surface area contributed by atoms with Crippen LogP contribution in [-0.4, -0.2) is 33.6 Å². The maximum Gasteiger partial charge on any atom is 0.318 e. The molecule has 0 aliphatic heterocycles. The molecule has 2 aromatic rings. The minimum atomic E-state index is -1.10. The van der Waals surface area contributed by atoms with Crippen LogP contribution in [0.2, 0.25) is 0 Å². The van der Waals surface area contributed by atoms with Crippen molar-refractivity contribution in [1.29, 1.82) is 0 Å². The molecule has 0 saturated heterocycles. The van der Waals surface area contributed by atoms with E-state index < -0.39 is 17.4 Å².